The van der Waals surface area contributed by atoms with Gasteiger partial charge in [0, 0.05) is 13.1 Å². The maximum atomic E-state index is 12.3. The molecule has 2 amide bonds. The minimum absolute atomic E-state index is 0.0878. The van der Waals surface area contributed by atoms with Crippen LogP contribution in [0.4, 0.5) is 0 Å². The Labute approximate surface area is 135 Å². The fourth-order valence-corrected chi connectivity index (χ4v) is 4.67. The molecule has 0 saturated carbocycles. The number of primary amides is 1. The van der Waals surface area contributed by atoms with Crippen molar-refractivity contribution in [3.05, 3.63) is 0 Å². The van der Waals surface area contributed by atoms with E-state index in [1.165, 1.54) is 34.9 Å². The summed E-state index contributed by atoms with van der Waals surface area (Å²) in [4.78, 5) is 24.8. The van der Waals surface area contributed by atoms with E-state index in [1.54, 1.807) is 0 Å². The van der Waals surface area contributed by atoms with Crippen LogP contribution in [0.15, 0.2) is 8.68 Å². The van der Waals surface area contributed by atoms with E-state index >= 15 is 0 Å². The van der Waals surface area contributed by atoms with Gasteiger partial charge in [0.2, 0.25) is 11.8 Å². The Morgan fingerprint density at radius 3 is 2.71 bits per heavy atom. The number of nitrogens with zero attached hydrogens (tertiary/aromatic N) is 3. The summed E-state index contributed by atoms with van der Waals surface area (Å²) >= 11 is 4.01. The number of amides is 2. The Morgan fingerprint density at radius 2 is 2.05 bits per heavy atom. The largest absolute Gasteiger partial charge is 0.378 e. The predicted octanol–water partition coefficient (Wildman–Crippen LogP) is 0.455. The summed E-state index contributed by atoms with van der Waals surface area (Å²) in [6.45, 7) is 4.32. The lowest BCUT2D eigenvalue weighted by atomic mass is 10.3. The number of carbonyl (C=O) groups excluding carboxylic acids is 2. The van der Waals surface area contributed by atoms with E-state index < -0.39 is 0 Å². The van der Waals surface area contributed by atoms with Gasteiger partial charge in [-0.05, 0) is 6.92 Å². The van der Waals surface area contributed by atoms with E-state index in [2.05, 4.69) is 10.2 Å². The molecule has 2 heterocycles. The smallest absolute Gasteiger partial charge is 0.236 e. The molecule has 2 N–H and O–H groups in total. The van der Waals surface area contributed by atoms with Gasteiger partial charge in [-0.25, -0.2) is 0 Å². The van der Waals surface area contributed by atoms with Crippen LogP contribution < -0.4 is 5.73 Å². The van der Waals surface area contributed by atoms with E-state index in [9.17, 15) is 9.59 Å². The third-order valence-electron chi connectivity index (χ3n) is 2.67. The standard InChI is InChI=1S/C11H16N4O3S3/c1-7(9(17)15-2-4-18-5-3-15)20-11-14-13-10(21-11)19-6-8(12)16/h7H,2-6H2,1H3,(H2,12,16). The molecule has 1 unspecified atom stereocenters. The second kappa shape index (κ2) is 7.97. The maximum absolute atomic E-state index is 12.3. The Hall–Kier alpha value is -0.840. The number of morpholine rings is 1. The first-order valence-corrected chi connectivity index (χ1v) is 9.02. The van der Waals surface area contributed by atoms with Crippen LogP contribution in [0, 0.1) is 0 Å². The summed E-state index contributed by atoms with van der Waals surface area (Å²) in [5.41, 5.74) is 5.08. The second-order valence-electron chi connectivity index (χ2n) is 4.29. The zero-order valence-electron chi connectivity index (χ0n) is 11.5. The van der Waals surface area contributed by atoms with E-state index in [-0.39, 0.29) is 22.8 Å². The van der Waals surface area contributed by atoms with Crippen molar-refractivity contribution >= 4 is 46.7 Å². The molecule has 0 spiro atoms. The molecule has 7 nitrogen and oxygen atoms in total. The first kappa shape index (κ1) is 16.5. The van der Waals surface area contributed by atoms with Crippen LogP contribution in [0.3, 0.4) is 0 Å². The van der Waals surface area contributed by atoms with Gasteiger partial charge in [-0.1, -0.05) is 34.9 Å². The second-order valence-corrected chi connectivity index (χ2v) is 8.07. The van der Waals surface area contributed by atoms with E-state index in [1.807, 2.05) is 11.8 Å². The van der Waals surface area contributed by atoms with Crippen LogP contribution in [0.2, 0.25) is 0 Å². The highest BCUT2D eigenvalue weighted by Crippen LogP contribution is 2.31. The average Bonchev–Trinajstić information content (AvgIpc) is 2.92. The molecule has 1 aromatic rings. The highest BCUT2D eigenvalue weighted by atomic mass is 32.2. The van der Waals surface area contributed by atoms with Crippen LogP contribution in [0.1, 0.15) is 6.92 Å². The molecule has 1 aliphatic heterocycles. The highest BCUT2D eigenvalue weighted by Gasteiger charge is 2.24. The molecule has 0 aromatic carbocycles. The van der Waals surface area contributed by atoms with Gasteiger partial charge in [0.15, 0.2) is 8.68 Å². The van der Waals surface area contributed by atoms with Gasteiger partial charge >= 0.3 is 0 Å². The minimum atomic E-state index is -0.389. The number of carbonyl (C=O) groups is 2. The van der Waals surface area contributed by atoms with Crippen molar-refractivity contribution in [3.8, 4) is 0 Å². The number of hydrogen-bond acceptors (Lipinski definition) is 8. The molecule has 1 fully saturated rings. The number of hydrogen-bond donors (Lipinski definition) is 1. The molecule has 0 radical (unpaired) electrons. The third-order valence-corrected chi connectivity index (χ3v) is 5.92. The Morgan fingerprint density at radius 1 is 1.38 bits per heavy atom. The molecule has 0 aliphatic carbocycles. The van der Waals surface area contributed by atoms with Crippen molar-refractivity contribution in [2.75, 3.05) is 32.1 Å². The van der Waals surface area contributed by atoms with Gasteiger partial charge in [0.1, 0.15) is 0 Å². The molecule has 0 bridgehead atoms. The zero-order valence-corrected chi connectivity index (χ0v) is 13.9. The van der Waals surface area contributed by atoms with E-state index in [4.69, 9.17) is 10.5 Å². The first-order chi connectivity index (χ1) is 10.1. The average molecular weight is 348 g/mol. The lowest BCUT2D eigenvalue weighted by Gasteiger charge is -2.28. The Bertz CT molecular complexity index is 505. The number of aromatic nitrogens is 2. The molecule has 1 saturated heterocycles. The molecule has 10 heteroatoms. The first-order valence-electron chi connectivity index (χ1n) is 6.34. The molecule has 1 aromatic heterocycles. The third kappa shape index (κ3) is 5.13. The maximum Gasteiger partial charge on any atom is 0.236 e. The lowest BCUT2D eigenvalue weighted by molar-refractivity contribution is -0.134. The van der Waals surface area contributed by atoms with Crippen LogP contribution in [0.5, 0.6) is 0 Å². The summed E-state index contributed by atoms with van der Waals surface area (Å²) in [5, 5.41) is 7.78. The minimum Gasteiger partial charge on any atom is -0.378 e. The number of ether oxygens (including phenoxy) is 1. The molecular weight excluding hydrogens is 332 g/mol. The fraction of sp³-hybridized carbons (Fsp3) is 0.636. The van der Waals surface area contributed by atoms with Crippen molar-refractivity contribution < 1.29 is 14.3 Å². The van der Waals surface area contributed by atoms with Crippen LogP contribution in [0.25, 0.3) is 0 Å². The summed E-state index contributed by atoms with van der Waals surface area (Å²) in [6, 6.07) is 0. The van der Waals surface area contributed by atoms with Crippen LogP contribution >= 0.6 is 34.9 Å². The topological polar surface area (TPSA) is 98.4 Å². The number of nitrogens with two attached hydrogens (primary N) is 1. The van der Waals surface area contributed by atoms with Gasteiger partial charge in [-0.15, -0.1) is 10.2 Å². The fourth-order valence-electron chi connectivity index (χ4n) is 1.68. The van der Waals surface area contributed by atoms with Gasteiger partial charge in [0.05, 0.1) is 24.2 Å². The van der Waals surface area contributed by atoms with Gasteiger partial charge in [-0.2, -0.15) is 0 Å². The van der Waals surface area contributed by atoms with Crippen molar-refractivity contribution in [2.24, 2.45) is 5.73 Å². The zero-order chi connectivity index (χ0) is 15.2. The van der Waals surface area contributed by atoms with Crippen molar-refractivity contribution in [1.82, 2.24) is 15.1 Å². The van der Waals surface area contributed by atoms with E-state index in [0.717, 1.165) is 4.34 Å². The Kier molecular flexibility index (Phi) is 6.27. The summed E-state index contributed by atoms with van der Waals surface area (Å²) in [6.07, 6.45) is 0. The van der Waals surface area contributed by atoms with Gasteiger partial charge in [-0.3, -0.25) is 9.59 Å². The van der Waals surface area contributed by atoms with Crippen molar-refractivity contribution in [1.29, 1.82) is 0 Å². The number of rotatable bonds is 6. The molecule has 1 aliphatic rings. The molecule has 1 atom stereocenters. The van der Waals surface area contributed by atoms with E-state index in [0.29, 0.717) is 30.6 Å². The van der Waals surface area contributed by atoms with Gasteiger partial charge in [0.25, 0.3) is 0 Å². The monoisotopic (exact) mass is 348 g/mol. The van der Waals surface area contributed by atoms with Crippen molar-refractivity contribution in [3.63, 3.8) is 0 Å². The van der Waals surface area contributed by atoms with Gasteiger partial charge < -0.3 is 15.4 Å². The molecule has 21 heavy (non-hydrogen) atoms. The molecule has 116 valence electrons. The highest BCUT2D eigenvalue weighted by molar-refractivity contribution is 8.04. The summed E-state index contributed by atoms with van der Waals surface area (Å²) in [5.74, 6) is -0.119. The predicted molar refractivity (Wildman–Crippen MR) is 82.5 cm³/mol. The Balaban J connectivity index is 1.85. The molecular formula is C11H16N4O3S3. The summed E-state index contributed by atoms with van der Waals surface area (Å²) in [7, 11) is 0. The van der Waals surface area contributed by atoms with Crippen LogP contribution in [-0.2, 0) is 14.3 Å². The number of thioether (sulfide) groups is 2. The quantitative estimate of drug-likeness (QED) is 0.745. The lowest BCUT2D eigenvalue weighted by Crippen LogP contribution is -2.44. The SMILES string of the molecule is CC(Sc1nnc(SCC(N)=O)s1)C(=O)N1CCOCC1. The van der Waals surface area contributed by atoms with Crippen LogP contribution in [-0.4, -0.2) is 64.2 Å². The summed E-state index contributed by atoms with van der Waals surface area (Å²) < 4.78 is 6.64. The molecule has 2 rings (SSSR count). The van der Waals surface area contributed by atoms with Crippen molar-refractivity contribution in [2.45, 2.75) is 20.9 Å². The normalized spacial score (nSPS) is 16.7.